The third-order valence-electron chi connectivity index (χ3n) is 2.08. The van der Waals surface area contributed by atoms with Gasteiger partial charge in [0.05, 0.1) is 14.2 Å². The normalized spacial score (nSPS) is 11.1. The SMILES string of the molecule is COC(=O)c1c(CN)cc(OC)nc1OC(F)(F)F. The van der Waals surface area contributed by atoms with E-state index in [0.717, 1.165) is 7.11 Å². The highest BCUT2D eigenvalue weighted by molar-refractivity contribution is 5.93. The summed E-state index contributed by atoms with van der Waals surface area (Å²) in [4.78, 5) is 14.9. The molecule has 1 heterocycles. The van der Waals surface area contributed by atoms with Gasteiger partial charge in [-0.15, -0.1) is 13.2 Å². The average molecular weight is 280 g/mol. The third kappa shape index (κ3) is 3.71. The lowest BCUT2D eigenvalue weighted by molar-refractivity contribution is -0.276. The van der Waals surface area contributed by atoms with Gasteiger partial charge in [0.2, 0.25) is 11.8 Å². The van der Waals surface area contributed by atoms with Crippen LogP contribution in [0.15, 0.2) is 6.07 Å². The number of halogens is 3. The Morgan fingerprint density at radius 3 is 2.47 bits per heavy atom. The molecule has 0 atom stereocenters. The van der Waals surface area contributed by atoms with Crippen LogP contribution in [0.5, 0.6) is 11.8 Å². The number of hydrogen-bond acceptors (Lipinski definition) is 6. The number of carbonyl (C=O) groups excluding carboxylic acids is 1. The van der Waals surface area contributed by atoms with Gasteiger partial charge in [-0.1, -0.05) is 0 Å². The minimum absolute atomic E-state index is 0.0675. The number of carbonyl (C=O) groups is 1. The van der Waals surface area contributed by atoms with Gasteiger partial charge in [-0.3, -0.25) is 0 Å². The molecule has 0 saturated heterocycles. The van der Waals surface area contributed by atoms with Crippen LogP contribution >= 0.6 is 0 Å². The predicted octanol–water partition coefficient (Wildman–Crippen LogP) is 1.23. The van der Waals surface area contributed by atoms with E-state index in [1.165, 1.54) is 13.2 Å². The number of esters is 1. The highest BCUT2D eigenvalue weighted by atomic mass is 19.4. The monoisotopic (exact) mass is 280 g/mol. The van der Waals surface area contributed by atoms with E-state index in [1.54, 1.807) is 0 Å². The van der Waals surface area contributed by atoms with Crippen LogP contribution in [-0.4, -0.2) is 31.5 Å². The van der Waals surface area contributed by atoms with Crippen LogP contribution in [-0.2, 0) is 11.3 Å². The molecule has 0 amide bonds. The van der Waals surface area contributed by atoms with E-state index < -0.39 is 23.8 Å². The Morgan fingerprint density at radius 2 is 2.05 bits per heavy atom. The molecule has 6 nitrogen and oxygen atoms in total. The van der Waals surface area contributed by atoms with Crippen LogP contribution in [0.4, 0.5) is 13.2 Å². The summed E-state index contributed by atoms with van der Waals surface area (Å²) in [5.74, 6) is -2.15. The molecule has 1 rings (SSSR count). The maximum absolute atomic E-state index is 12.3. The van der Waals surface area contributed by atoms with E-state index in [1.807, 2.05) is 0 Å². The van der Waals surface area contributed by atoms with Gasteiger partial charge in [0.15, 0.2) is 0 Å². The summed E-state index contributed by atoms with van der Waals surface area (Å²) in [6.45, 7) is -0.211. The molecule has 1 aromatic heterocycles. The number of nitrogens with two attached hydrogens (primary N) is 1. The topological polar surface area (TPSA) is 83.7 Å². The van der Waals surface area contributed by atoms with Crippen LogP contribution in [0.2, 0.25) is 0 Å². The lowest BCUT2D eigenvalue weighted by Crippen LogP contribution is -2.22. The molecule has 0 aliphatic carbocycles. The highest BCUT2D eigenvalue weighted by Gasteiger charge is 2.35. The van der Waals surface area contributed by atoms with Crippen molar-refractivity contribution in [2.45, 2.75) is 12.9 Å². The Hall–Kier alpha value is -2.03. The number of rotatable bonds is 4. The zero-order chi connectivity index (χ0) is 14.6. The fourth-order valence-electron chi connectivity index (χ4n) is 1.32. The molecular formula is C10H11F3N2O4. The first-order valence-corrected chi connectivity index (χ1v) is 4.94. The Labute approximate surface area is 106 Å². The lowest BCUT2D eigenvalue weighted by atomic mass is 10.1. The van der Waals surface area contributed by atoms with Crippen LogP contribution in [0.3, 0.4) is 0 Å². The molecule has 2 N–H and O–H groups in total. The van der Waals surface area contributed by atoms with Crippen molar-refractivity contribution >= 4 is 5.97 Å². The summed E-state index contributed by atoms with van der Waals surface area (Å²) in [5.41, 5.74) is 4.96. The summed E-state index contributed by atoms with van der Waals surface area (Å²) >= 11 is 0. The van der Waals surface area contributed by atoms with Crippen molar-refractivity contribution in [3.8, 4) is 11.8 Å². The van der Waals surface area contributed by atoms with Crippen LogP contribution in [0.1, 0.15) is 15.9 Å². The standard InChI is InChI=1S/C10H11F3N2O4/c1-17-6-3-5(4-14)7(9(16)18-2)8(15-6)19-10(11,12)13/h3H,4,14H2,1-2H3. The van der Waals surface area contributed by atoms with Crippen molar-refractivity contribution in [2.75, 3.05) is 14.2 Å². The Kier molecular flexibility index (Phi) is 4.54. The first-order valence-electron chi connectivity index (χ1n) is 4.94. The molecule has 19 heavy (non-hydrogen) atoms. The molecule has 106 valence electrons. The second-order valence-electron chi connectivity index (χ2n) is 3.25. The van der Waals surface area contributed by atoms with E-state index in [4.69, 9.17) is 10.5 Å². The summed E-state index contributed by atoms with van der Waals surface area (Å²) < 4.78 is 49.6. The molecule has 0 bridgehead atoms. The van der Waals surface area contributed by atoms with Crippen LogP contribution in [0, 0.1) is 0 Å². The highest BCUT2D eigenvalue weighted by Crippen LogP contribution is 2.30. The molecular weight excluding hydrogens is 269 g/mol. The van der Waals surface area contributed by atoms with Crippen molar-refractivity contribution in [1.29, 1.82) is 0 Å². The summed E-state index contributed by atoms with van der Waals surface area (Å²) in [6.07, 6.45) is -5.01. The van der Waals surface area contributed by atoms with Gasteiger partial charge >= 0.3 is 12.3 Å². The number of methoxy groups -OCH3 is 2. The van der Waals surface area contributed by atoms with Gasteiger partial charge in [0, 0.05) is 12.6 Å². The van der Waals surface area contributed by atoms with Crippen LogP contribution in [0.25, 0.3) is 0 Å². The van der Waals surface area contributed by atoms with Gasteiger partial charge in [0.25, 0.3) is 0 Å². The fourth-order valence-corrected chi connectivity index (χ4v) is 1.32. The number of aromatic nitrogens is 1. The second kappa shape index (κ2) is 5.74. The second-order valence-corrected chi connectivity index (χ2v) is 3.25. The Bertz CT molecular complexity index is 477. The van der Waals surface area contributed by atoms with Gasteiger partial charge in [-0.2, -0.15) is 4.98 Å². The van der Waals surface area contributed by atoms with Crippen molar-refractivity contribution in [1.82, 2.24) is 4.98 Å². The van der Waals surface area contributed by atoms with Gasteiger partial charge in [-0.25, -0.2) is 4.79 Å². The molecule has 0 saturated carbocycles. The van der Waals surface area contributed by atoms with Crippen molar-refractivity contribution in [3.05, 3.63) is 17.2 Å². The summed E-state index contributed by atoms with van der Waals surface area (Å²) in [6, 6.07) is 1.23. The maximum atomic E-state index is 12.3. The molecule has 0 spiro atoms. The van der Waals surface area contributed by atoms with E-state index in [-0.39, 0.29) is 18.0 Å². The number of nitrogens with zero attached hydrogens (tertiary/aromatic N) is 1. The minimum Gasteiger partial charge on any atom is -0.481 e. The fraction of sp³-hybridized carbons (Fsp3) is 0.400. The van der Waals surface area contributed by atoms with E-state index in [2.05, 4.69) is 14.5 Å². The molecule has 0 radical (unpaired) electrons. The number of pyridine rings is 1. The van der Waals surface area contributed by atoms with Crippen molar-refractivity contribution in [2.24, 2.45) is 5.73 Å². The first kappa shape index (κ1) is 15.0. The first-order chi connectivity index (χ1) is 8.82. The van der Waals surface area contributed by atoms with Crippen molar-refractivity contribution < 1.29 is 32.2 Å². The van der Waals surface area contributed by atoms with E-state index in [0.29, 0.717) is 0 Å². The Morgan fingerprint density at radius 1 is 1.42 bits per heavy atom. The zero-order valence-corrected chi connectivity index (χ0v) is 10.1. The van der Waals surface area contributed by atoms with Crippen LogP contribution < -0.4 is 15.2 Å². The lowest BCUT2D eigenvalue weighted by Gasteiger charge is -2.14. The largest absolute Gasteiger partial charge is 0.574 e. The summed E-state index contributed by atoms with van der Waals surface area (Å²) in [5, 5.41) is 0. The van der Waals surface area contributed by atoms with E-state index >= 15 is 0 Å². The van der Waals surface area contributed by atoms with Crippen molar-refractivity contribution in [3.63, 3.8) is 0 Å². The summed E-state index contributed by atoms with van der Waals surface area (Å²) in [7, 11) is 2.22. The third-order valence-corrected chi connectivity index (χ3v) is 2.08. The smallest absolute Gasteiger partial charge is 0.481 e. The zero-order valence-electron chi connectivity index (χ0n) is 10.1. The number of hydrogen-bond donors (Lipinski definition) is 1. The molecule has 1 aromatic rings. The minimum atomic E-state index is -5.01. The number of alkyl halides is 3. The Balaban J connectivity index is 3.41. The maximum Gasteiger partial charge on any atom is 0.574 e. The molecule has 0 fully saturated rings. The van der Waals surface area contributed by atoms with Gasteiger partial charge < -0.3 is 19.9 Å². The molecule has 0 aliphatic rings. The van der Waals surface area contributed by atoms with Gasteiger partial charge in [0.1, 0.15) is 5.56 Å². The predicted molar refractivity (Wildman–Crippen MR) is 56.7 cm³/mol. The molecule has 0 aromatic carbocycles. The van der Waals surface area contributed by atoms with E-state index in [9.17, 15) is 18.0 Å². The number of ether oxygens (including phenoxy) is 3. The molecule has 9 heteroatoms. The molecule has 0 aliphatic heterocycles. The van der Waals surface area contributed by atoms with Gasteiger partial charge in [-0.05, 0) is 5.56 Å². The molecule has 0 unspecified atom stereocenters. The average Bonchev–Trinajstić information content (AvgIpc) is 2.34. The quantitative estimate of drug-likeness (QED) is 0.835.